The van der Waals surface area contributed by atoms with E-state index in [2.05, 4.69) is 30.6 Å². The quantitative estimate of drug-likeness (QED) is 0.509. The maximum Gasteiger partial charge on any atom is 0.346 e. The maximum absolute atomic E-state index is 12.4. The molecule has 134 valence electrons. The Balaban J connectivity index is 1.42. The van der Waals surface area contributed by atoms with Crippen LogP contribution in [-0.4, -0.2) is 33.0 Å². The molecule has 10 heteroatoms. The first-order valence-electron chi connectivity index (χ1n) is 7.78. The van der Waals surface area contributed by atoms with Gasteiger partial charge in [-0.15, -0.1) is 10.2 Å². The fourth-order valence-corrected chi connectivity index (χ4v) is 3.05. The summed E-state index contributed by atoms with van der Waals surface area (Å²) in [6.45, 7) is 0.548. The lowest BCUT2D eigenvalue weighted by molar-refractivity contribution is 0.0443. The topological polar surface area (TPSA) is 123 Å². The first-order chi connectivity index (χ1) is 13.1. The van der Waals surface area contributed by atoms with E-state index in [1.54, 1.807) is 12.4 Å². The van der Waals surface area contributed by atoms with Crippen molar-refractivity contribution >= 4 is 39.4 Å². The van der Waals surface area contributed by atoms with Gasteiger partial charge in [-0.2, -0.15) is 0 Å². The smallest absolute Gasteiger partial charge is 0.346 e. The van der Waals surface area contributed by atoms with Crippen LogP contribution >= 0.6 is 11.3 Å². The lowest BCUT2D eigenvalue weighted by atomic mass is 10.1. The van der Waals surface area contributed by atoms with Crippen LogP contribution in [0, 0.1) is 0 Å². The fourth-order valence-electron chi connectivity index (χ4n) is 2.42. The van der Waals surface area contributed by atoms with E-state index in [4.69, 9.17) is 0 Å². The molecule has 4 rings (SSSR count). The van der Waals surface area contributed by atoms with Crippen molar-refractivity contribution in [3.63, 3.8) is 0 Å². The summed E-state index contributed by atoms with van der Waals surface area (Å²) in [5.41, 5.74) is 1.46. The minimum Gasteiger partial charge on any atom is -0.386 e. The number of aromatic nitrogens is 3. The molecule has 3 heterocycles. The minimum absolute atomic E-state index is 0.0737. The van der Waals surface area contributed by atoms with Crippen LogP contribution in [0.2, 0.25) is 0 Å². The number of esters is 2. The number of benzene rings is 1. The summed E-state index contributed by atoms with van der Waals surface area (Å²) < 4.78 is 4.51. The second kappa shape index (κ2) is 6.92. The SMILES string of the molecule is O=C(Nc1nnc(NCc2ccncc2)s1)c1ccc2c(c1)C(=O)OC2=O. The van der Waals surface area contributed by atoms with Crippen molar-refractivity contribution in [2.24, 2.45) is 0 Å². The number of fused-ring (bicyclic) bond motifs is 1. The van der Waals surface area contributed by atoms with Crippen molar-refractivity contribution in [2.45, 2.75) is 6.54 Å². The number of pyridine rings is 1. The van der Waals surface area contributed by atoms with Gasteiger partial charge < -0.3 is 10.1 Å². The third-order valence-corrected chi connectivity index (χ3v) is 4.54. The second-order valence-electron chi connectivity index (χ2n) is 5.51. The van der Waals surface area contributed by atoms with E-state index in [0.29, 0.717) is 16.8 Å². The first-order valence-corrected chi connectivity index (χ1v) is 8.60. The molecule has 27 heavy (non-hydrogen) atoms. The van der Waals surface area contributed by atoms with Gasteiger partial charge in [0.15, 0.2) is 0 Å². The van der Waals surface area contributed by atoms with Gasteiger partial charge in [0.25, 0.3) is 5.91 Å². The minimum atomic E-state index is -0.761. The molecular weight excluding hydrogens is 370 g/mol. The van der Waals surface area contributed by atoms with Crippen molar-refractivity contribution in [3.05, 3.63) is 65.0 Å². The maximum atomic E-state index is 12.4. The highest BCUT2D eigenvalue weighted by atomic mass is 32.1. The normalized spacial score (nSPS) is 12.4. The molecular formula is C17H11N5O4S. The number of anilines is 2. The zero-order valence-electron chi connectivity index (χ0n) is 13.6. The van der Waals surface area contributed by atoms with Gasteiger partial charge in [0.05, 0.1) is 11.1 Å². The molecule has 0 saturated heterocycles. The van der Waals surface area contributed by atoms with Crippen LogP contribution in [0.15, 0.2) is 42.7 Å². The molecule has 9 nitrogen and oxygen atoms in total. The van der Waals surface area contributed by atoms with Crippen LogP contribution in [0.25, 0.3) is 0 Å². The molecule has 0 radical (unpaired) electrons. The Morgan fingerprint density at radius 2 is 1.74 bits per heavy atom. The zero-order valence-corrected chi connectivity index (χ0v) is 14.4. The number of nitrogens with one attached hydrogen (secondary N) is 2. The van der Waals surface area contributed by atoms with Gasteiger partial charge in [-0.05, 0) is 35.9 Å². The average Bonchev–Trinajstić information content (AvgIpc) is 3.25. The van der Waals surface area contributed by atoms with Gasteiger partial charge in [-0.3, -0.25) is 15.1 Å². The Bertz CT molecular complexity index is 1050. The fraction of sp³-hybridized carbons (Fsp3) is 0.0588. The molecule has 0 atom stereocenters. The summed E-state index contributed by atoms with van der Waals surface area (Å²) in [6.07, 6.45) is 3.39. The standard InChI is InChI=1S/C17H11N5O4S/c23-13(10-1-2-11-12(7-10)15(25)26-14(11)24)20-17-22-21-16(27-17)19-8-9-3-5-18-6-4-9/h1-7H,8H2,(H,19,21)(H,20,22,23). The Hall–Kier alpha value is -3.66. The van der Waals surface area contributed by atoms with Crippen molar-refractivity contribution in [1.82, 2.24) is 15.2 Å². The molecule has 1 aliphatic heterocycles. The van der Waals surface area contributed by atoms with Crippen molar-refractivity contribution in [3.8, 4) is 0 Å². The van der Waals surface area contributed by atoms with E-state index in [0.717, 1.165) is 5.56 Å². The Labute approximate surface area is 156 Å². The molecule has 2 N–H and O–H groups in total. The van der Waals surface area contributed by atoms with Gasteiger partial charge in [-0.1, -0.05) is 11.3 Å². The predicted octanol–water partition coefficient (Wildman–Crippen LogP) is 2.11. The number of rotatable bonds is 5. The zero-order chi connectivity index (χ0) is 18.8. The largest absolute Gasteiger partial charge is 0.386 e. The van der Waals surface area contributed by atoms with Crippen molar-refractivity contribution in [2.75, 3.05) is 10.6 Å². The third-order valence-electron chi connectivity index (χ3n) is 3.75. The second-order valence-corrected chi connectivity index (χ2v) is 6.49. The molecule has 0 aliphatic carbocycles. The lowest BCUT2D eigenvalue weighted by Crippen LogP contribution is -2.12. The number of cyclic esters (lactones) is 2. The summed E-state index contributed by atoms with van der Waals surface area (Å²) in [7, 11) is 0. The lowest BCUT2D eigenvalue weighted by Gasteiger charge is -2.02. The van der Waals surface area contributed by atoms with Crippen LogP contribution in [-0.2, 0) is 11.3 Å². The third kappa shape index (κ3) is 3.51. The summed E-state index contributed by atoms with van der Waals surface area (Å²) >= 11 is 1.17. The number of ether oxygens (including phenoxy) is 1. The van der Waals surface area contributed by atoms with Gasteiger partial charge >= 0.3 is 11.9 Å². The molecule has 1 aromatic carbocycles. The summed E-state index contributed by atoms with van der Waals surface area (Å²) in [5.74, 6) is -1.94. The number of hydrogen-bond acceptors (Lipinski definition) is 9. The van der Waals surface area contributed by atoms with E-state index < -0.39 is 17.8 Å². The molecule has 0 unspecified atom stereocenters. The first kappa shape index (κ1) is 16.8. The number of carbonyl (C=O) groups excluding carboxylic acids is 3. The van der Waals surface area contributed by atoms with Crippen LogP contribution in [0.1, 0.15) is 36.6 Å². The number of amides is 1. The van der Waals surface area contributed by atoms with Crippen molar-refractivity contribution in [1.29, 1.82) is 0 Å². The van der Waals surface area contributed by atoms with Gasteiger partial charge in [-0.25, -0.2) is 9.59 Å². The molecule has 1 aliphatic rings. The van der Waals surface area contributed by atoms with Crippen LogP contribution in [0.4, 0.5) is 10.3 Å². The summed E-state index contributed by atoms with van der Waals surface area (Å²) in [5, 5.41) is 14.4. The monoisotopic (exact) mass is 381 g/mol. The highest BCUT2D eigenvalue weighted by Gasteiger charge is 2.30. The highest BCUT2D eigenvalue weighted by Crippen LogP contribution is 2.24. The van der Waals surface area contributed by atoms with Crippen LogP contribution < -0.4 is 10.6 Å². The average molecular weight is 381 g/mol. The van der Waals surface area contributed by atoms with E-state index in [-0.39, 0.29) is 16.7 Å². The molecule has 0 bridgehead atoms. The van der Waals surface area contributed by atoms with Crippen LogP contribution in [0.5, 0.6) is 0 Å². The molecule has 3 aromatic rings. The van der Waals surface area contributed by atoms with Gasteiger partial charge in [0, 0.05) is 24.5 Å². The number of hydrogen-bond donors (Lipinski definition) is 2. The number of carbonyl (C=O) groups is 3. The van der Waals surface area contributed by atoms with Crippen LogP contribution in [0.3, 0.4) is 0 Å². The summed E-state index contributed by atoms with van der Waals surface area (Å²) in [6, 6.07) is 7.90. The van der Waals surface area contributed by atoms with Gasteiger partial charge in [0.1, 0.15) is 0 Å². The van der Waals surface area contributed by atoms with Crippen molar-refractivity contribution < 1.29 is 19.1 Å². The Kier molecular flexibility index (Phi) is 4.30. The summed E-state index contributed by atoms with van der Waals surface area (Å²) in [4.78, 5) is 39.3. The molecule has 0 spiro atoms. The predicted molar refractivity (Wildman–Crippen MR) is 95.6 cm³/mol. The van der Waals surface area contributed by atoms with E-state index in [9.17, 15) is 14.4 Å². The van der Waals surface area contributed by atoms with E-state index in [1.165, 1.54) is 29.5 Å². The molecule has 1 amide bonds. The van der Waals surface area contributed by atoms with E-state index in [1.807, 2.05) is 12.1 Å². The Morgan fingerprint density at radius 1 is 1.00 bits per heavy atom. The number of nitrogens with zero attached hydrogens (tertiary/aromatic N) is 3. The molecule has 0 saturated carbocycles. The molecule has 0 fully saturated rings. The Morgan fingerprint density at radius 3 is 2.56 bits per heavy atom. The molecule has 2 aromatic heterocycles. The van der Waals surface area contributed by atoms with Gasteiger partial charge in [0.2, 0.25) is 10.3 Å². The van der Waals surface area contributed by atoms with E-state index >= 15 is 0 Å². The highest BCUT2D eigenvalue weighted by molar-refractivity contribution is 7.19.